The molecule has 94 valence electrons. The number of rotatable bonds is 2. The number of benzene rings is 1. The first-order chi connectivity index (χ1) is 8.38. The molecule has 0 spiro atoms. The van der Waals surface area contributed by atoms with Crippen LogP contribution in [-0.4, -0.2) is 10.8 Å². The first-order valence-electron chi connectivity index (χ1n) is 5.94. The molecule has 0 amide bonds. The Balaban J connectivity index is 2.52. The van der Waals surface area contributed by atoms with Crippen molar-refractivity contribution in [3.05, 3.63) is 40.6 Å². The van der Waals surface area contributed by atoms with Crippen LogP contribution < -0.4 is 0 Å². The van der Waals surface area contributed by atoms with Crippen molar-refractivity contribution < 1.29 is 4.79 Å². The van der Waals surface area contributed by atoms with E-state index in [9.17, 15) is 4.79 Å². The van der Waals surface area contributed by atoms with Gasteiger partial charge in [0.15, 0.2) is 5.78 Å². The number of carbonyl (C=O) groups excluding carboxylic acids is 1. The maximum Gasteiger partial charge on any atom is 0.164 e. The molecule has 18 heavy (non-hydrogen) atoms. The highest BCUT2D eigenvalue weighted by atomic mass is 79.9. The summed E-state index contributed by atoms with van der Waals surface area (Å²) in [5.74, 6) is 0.174. The largest absolute Gasteiger partial charge is 0.294 e. The molecule has 0 radical (unpaired) electrons. The number of pyridine rings is 1. The number of nitrogens with zero attached hydrogens (tertiary/aromatic N) is 1. The highest BCUT2D eigenvalue weighted by Gasteiger charge is 2.19. The zero-order chi connectivity index (χ0) is 13.3. The number of hydrogen-bond acceptors (Lipinski definition) is 2. The van der Waals surface area contributed by atoms with E-state index in [-0.39, 0.29) is 11.2 Å². The standard InChI is InChI=1S/C15H16BrNO/c1-15(2,3)8-14(18)11-4-5-13(16)10-6-7-17-9-12(10)11/h4-7,9H,8H2,1-3H3. The number of halogens is 1. The number of aromatic nitrogens is 1. The third-order valence-electron chi connectivity index (χ3n) is 2.76. The molecule has 0 N–H and O–H groups in total. The van der Waals surface area contributed by atoms with Gasteiger partial charge in [-0.1, -0.05) is 36.7 Å². The fraction of sp³-hybridized carbons (Fsp3) is 0.333. The fourth-order valence-corrected chi connectivity index (χ4v) is 2.45. The van der Waals surface area contributed by atoms with Gasteiger partial charge in [-0.15, -0.1) is 0 Å². The smallest absolute Gasteiger partial charge is 0.164 e. The van der Waals surface area contributed by atoms with Crippen LogP contribution in [-0.2, 0) is 0 Å². The lowest BCUT2D eigenvalue weighted by Crippen LogP contribution is -2.13. The maximum atomic E-state index is 12.3. The molecule has 0 unspecified atom stereocenters. The summed E-state index contributed by atoms with van der Waals surface area (Å²) in [7, 11) is 0. The number of hydrogen-bond donors (Lipinski definition) is 0. The molecule has 2 aromatic rings. The summed E-state index contributed by atoms with van der Waals surface area (Å²) in [6.45, 7) is 6.22. The lowest BCUT2D eigenvalue weighted by atomic mass is 9.87. The number of Topliss-reactive ketones (excluding diaryl/α,β-unsaturated/α-hetero) is 1. The summed E-state index contributed by atoms with van der Waals surface area (Å²) in [5.41, 5.74) is 0.759. The second-order valence-corrected chi connectivity index (χ2v) is 6.53. The van der Waals surface area contributed by atoms with Gasteiger partial charge in [-0.2, -0.15) is 0 Å². The van der Waals surface area contributed by atoms with E-state index < -0.39 is 0 Å². The Hall–Kier alpha value is -1.22. The normalized spacial score (nSPS) is 11.8. The first kappa shape index (κ1) is 13.2. The van der Waals surface area contributed by atoms with Crippen LogP contribution in [0.3, 0.4) is 0 Å². The predicted molar refractivity (Wildman–Crippen MR) is 77.8 cm³/mol. The van der Waals surface area contributed by atoms with E-state index in [4.69, 9.17) is 0 Å². The van der Waals surface area contributed by atoms with E-state index in [2.05, 4.69) is 41.7 Å². The molecule has 2 rings (SSSR count). The monoisotopic (exact) mass is 305 g/mol. The van der Waals surface area contributed by atoms with E-state index >= 15 is 0 Å². The number of ketones is 1. The molecule has 0 bridgehead atoms. The van der Waals surface area contributed by atoms with Gasteiger partial charge in [-0.05, 0) is 29.0 Å². The molecule has 2 nitrogen and oxygen atoms in total. The predicted octanol–water partition coefficient (Wildman–Crippen LogP) is 4.62. The van der Waals surface area contributed by atoms with E-state index in [1.54, 1.807) is 12.4 Å². The minimum Gasteiger partial charge on any atom is -0.294 e. The SMILES string of the molecule is CC(C)(C)CC(=O)c1ccc(Br)c2ccncc12. The van der Waals surface area contributed by atoms with E-state index in [1.165, 1.54) is 0 Å². The topological polar surface area (TPSA) is 30.0 Å². The van der Waals surface area contributed by atoms with Gasteiger partial charge >= 0.3 is 0 Å². The first-order valence-corrected chi connectivity index (χ1v) is 6.73. The molecular formula is C15H16BrNO. The Labute approximate surface area is 116 Å². The van der Waals surface area contributed by atoms with Crippen LogP contribution in [0.2, 0.25) is 0 Å². The third-order valence-corrected chi connectivity index (χ3v) is 3.45. The summed E-state index contributed by atoms with van der Waals surface area (Å²) in [5, 5.41) is 1.95. The van der Waals surface area contributed by atoms with Crippen LogP contribution in [0, 0.1) is 5.41 Å². The van der Waals surface area contributed by atoms with Gasteiger partial charge < -0.3 is 0 Å². The molecule has 0 aliphatic carbocycles. The van der Waals surface area contributed by atoms with Gasteiger partial charge in [0.1, 0.15) is 0 Å². The minimum absolute atomic E-state index is 0.00130. The van der Waals surface area contributed by atoms with Crippen molar-refractivity contribution >= 4 is 32.5 Å². The number of fused-ring (bicyclic) bond motifs is 1. The van der Waals surface area contributed by atoms with Crippen molar-refractivity contribution in [3.63, 3.8) is 0 Å². The minimum atomic E-state index is -0.00130. The van der Waals surface area contributed by atoms with Crippen molar-refractivity contribution in [3.8, 4) is 0 Å². The van der Waals surface area contributed by atoms with E-state index in [1.807, 2.05) is 18.2 Å². The summed E-state index contributed by atoms with van der Waals surface area (Å²) in [4.78, 5) is 16.5. The van der Waals surface area contributed by atoms with Crippen molar-refractivity contribution in [1.29, 1.82) is 0 Å². The van der Waals surface area contributed by atoms with Gasteiger partial charge in [0.25, 0.3) is 0 Å². The summed E-state index contributed by atoms with van der Waals surface area (Å²) < 4.78 is 0.993. The van der Waals surface area contributed by atoms with Crippen molar-refractivity contribution in [2.24, 2.45) is 5.41 Å². The van der Waals surface area contributed by atoms with Gasteiger partial charge in [-0.25, -0.2) is 0 Å². The molecule has 0 atom stereocenters. The van der Waals surface area contributed by atoms with Gasteiger partial charge in [0.05, 0.1) is 0 Å². The second-order valence-electron chi connectivity index (χ2n) is 5.68. The molecule has 1 heterocycles. The van der Waals surface area contributed by atoms with E-state index in [0.717, 1.165) is 20.8 Å². The van der Waals surface area contributed by atoms with Crippen molar-refractivity contribution in [2.45, 2.75) is 27.2 Å². The summed E-state index contributed by atoms with van der Waals surface area (Å²) in [6, 6.07) is 5.73. The summed E-state index contributed by atoms with van der Waals surface area (Å²) >= 11 is 3.50. The molecule has 0 saturated heterocycles. The molecule has 0 aliphatic rings. The number of carbonyl (C=O) groups is 1. The van der Waals surface area contributed by atoms with Crippen LogP contribution in [0.5, 0.6) is 0 Å². The van der Waals surface area contributed by atoms with Crippen LogP contribution >= 0.6 is 15.9 Å². The van der Waals surface area contributed by atoms with Crippen LogP contribution in [0.1, 0.15) is 37.6 Å². The molecule has 3 heteroatoms. The Morgan fingerprint density at radius 2 is 1.94 bits per heavy atom. The molecular weight excluding hydrogens is 290 g/mol. The molecule has 1 aromatic carbocycles. The van der Waals surface area contributed by atoms with Crippen molar-refractivity contribution in [1.82, 2.24) is 4.98 Å². The summed E-state index contributed by atoms with van der Waals surface area (Å²) in [6.07, 6.45) is 4.04. The fourth-order valence-electron chi connectivity index (χ4n) is 1.97. The quantitative estimate of drug-likeness (QED) is 0.758. The lowest BCUT2D eigenvalue weighted by Gasteiger charge is -2.17. The highest BCUT2D eigenvalue weighted by Crippen LogP contribution is 2.29. The Kier molecular flexibility index (Phi) is 3.53. The van der Waals surface area contributed by atoms with Gasteiger partial charge in [0.2, 0.25) is 0 Å². The Morgan fingerprint density at radius 3 is 2.61 bits per heavy atom. The zero-order valence-corrected chi connectivity index (χ0v) is 12.4. The average Bonchev–Trinajstić information content (AvgIpc) is 2.27. The second kappa shape index (κ2) is 4.81. The lowest BCUT2D eigenvalue weighted by molar-refractivity contribution is 0.0941. The van der Waals surface area contributed by atoms with E-state index in [0.29, 0.717) is 6.42 Å². The van der Waals surface area contributed by atoms with Gasteiger partial charge in [0, 0.05) is 34.2 Å². The van der Waals surface area contributed by atoms with Crippen molar-refractivity contribution in [2.75, 3.05) is 0 Å². The molecule has 1 aromatic heterocycles. The Morgan fingerprint density at radius 1 is 1.22 bits per heavy atom. The van der Waals surface area contributed by atoms with Crippen LogP contribution in [0.4, 0.5) is 0 Å². The van der Waals surface area contributed by atoms with Gasteiger partial charge in [-0.3, -0.25) is 9.78 Å². The van der Waals surface area contributed by atoms with Crippen LogP contribution in [0.25, 0.3) is 10.8 Å². The molecule has 0 fully saturated rings. The molecule has 0 aliphatic heterocycles. The maximum absolute atomic E-state index is 12.3. The Bertz CT molecular complexity index is 599. The zero-order valence-electron chi connectivity index (χ0n) is 10.8. The molecule has 0 saturated carbocycles. The highest BCUT2D eigenvalue weighted by molar-refractivity contribution is 9.10. The third kappa shape index (κ3) is 2.78. The van der Waals surface area contributed by atoms with Crippen LogP contribution in [0.15, 0.2) is 35.1 Å². The average molecular weight is 306 g/mol.